The van der Waals surface area contributed by atoms with E-state index in [1.165, 1.54) is 50.7 Å². The van der Waals surface area contributed by atoms with Gasteiger partial charge < -0.3 is 5.32 Å². The van der Waals surface area contributed by atoms with Crippen LogP contribution in [0.1, 0.15) is 44.1 Å². The summed E-state index contributed by atoms with van der Waals surface area (Å²) >= 11 is 0. The minimum absolute atomic E-state index is 0.501. The van der Waals surface area contributed by atoms with Gasteiger partial charge >= 0.3 is 0 Å². The summed E-state index contributed by atoms with van der Waals surface area (Å²) in [6.07, 6.45) is 7.97. The van der Waals surface area contributed by atoms with Crippen molar-refractivity contribution < 1.29 is 8.78 Å². The molecule has 0 aliphatic heterocycles. The topological polar surface area (TPSA) is 12.0 Å². The van der Waals surface area contributed by atoms with Crippen LogP contribution >= 0.6 is 0 Å². The molecule has 1 aromatic carbocycles. The number of hydrogen-bond acceptors (Lipinski definition) is 1. The van der Waals surface area contributed by atoms with Gasteiger partial charge in [-0.3, -0.25) is 0 Å². The summed E-state index contributed by atoms with van der Waals surface area (Å²) in [5.74, 6) is -0.159. The molecule has 1 fully saturated rings. The molecule has 1 nitrogen and oxygen atoms in total. The lowest BCUT2D eigenvalue weighted by Gasteiger charge is -2.21. The molecular weight excluding hydrogens is 232 g/mol. The molecule has 0 atom stereocenters. The Kier molecular flexibility index (Phi) is 5.12. The number of hydrogen-bond donors (Lipinski definition) is 1. The molecule has 18 heavy (non-hydrogen) atoms. The fourth-order valence-corrected chi connectivity index (χ4v) is 2.73. The fourth-order valence-electron chi connectivity index (χ4n) is 2.73. The summed E-state index contributed by atoms with van der Waals surface area (Å²) in [7, 11) is 0. The van der Waals surface area contributed by atoms with Crippen molar-refractivity contribution >= 4 is 0 Å². The molecule has 0 bridgehead atoms. The van der Waals surface area contributed by atoms with Gasteiger partial charge in [0.15, 0.2) is 0 Å². The van der Waals surface area contributed by atoms with Crippen LogP contribution in [-0.4, -0.2) is 6.54 Å². The van der Waals surface area contributed by atoms with Gasteiger partial charge in [-0.25, -0.2) is 8.78 Å². The van der Waals surface area contributed by atoms with E-state index in [-0.39, 0.29) is 0 Å². The van der Waals surface area contributed by atoms with Gasteiger partial charge in [-0.1, -0.05) is 32.1 Å². The molecule has 1 aromatic rings. The first-order chi connectivity index (χ1) is 8.74. The number of benzene rings is 1. The lowest BCUT2D eigenvalue weighted by Crippen LogP contribution is -2.19. The van der Waals surface area contributed by atoms with E-state index in [2.05, 4.69) is 5.32 Å². The van der Waals surface area contributed by atoms with E-state index >= 15 is 0 Å². The third-order valence-corrected chi connectivity index (χ3v) is 3.71. The molecule has 100 valence electrons. The molecule has 1 aliphatic carbocycles. The van der Waals surface area contributed by atoms with Crippen molar-refractivity contribution in [1.29, 1.82) is 0 Å². The Morgan fingerprint density at radius 2 is 1.67 bits per heavy atom. The second-order valence-corrected chi connectivity index (χ2v) is 5.25. The molecule has 0 amide bonds. The van der Waals surface area contributed by atoms with Crippen LogP contribution in [0.5, 0.6) is 0 Å². The summed E-state index contributed by atoms with van der Waals surface area (Å²) in [6.45, 7) is 1.48. The summed E-state index contributed by atoms with van der Waals surface area (Å²) in [5.41, 5.74) is 0.677. The fraction of sp³-hybridized carbons (Fsp3) is 0.600. The van der Waals surface area contributed by atoms with Gasteiger partial charge in [0.25, 0.3) is 0 Å². The van der Waals surface area contributed by atoms with E-state index in [4.69, 9.17) is 0 Å². The van der Waals surface area contributed by atoms with Crippen LogP contribution in [0.15, 0.2) is 18.2 Å². The normalized spacial score (nSPS) is 17.0. The van der Waals surface area contributed by atoms with Crippen LogP contribution in [0.2, 0.25) is 0 Å². The van der Waals surface area contributed by atoms with E-state index in [0.717, 1.165) is 18.5 Å². The van der Waals surface area contributed by atoms with Gasteiger partial charge in [0.2, 0.25) is 0 Å². The Morgan fingerprint density at radius 3 is 2.33 bits per heavy atom. The first-order valence-corrected chi connectivity index (χ1v) is 6.90. The second kappa shape index (κ2) is 6.83. The van der Waals surface area contributed by atoms with Gasteiger partial charge in [-0.05, 0) is 36.6 Å². The molecule has 0 unspecified atom stereocenters. The van der Waals surface area contributed by atoms with Crippen LogP contribution in [-0.2, 0) is 6.54 Å². The first kappa shape index (κ1) is 13.5. The van der Waals surface area contributed by atoms with E-state index < -0.39 is 11.6 Å². The second-order valence-electron chi connectivity index (χ2n) is 5.25. The van der Waals surface area contributed by atoms with Gasteiger partial charge in [0.1, 0.15) is 11.6 Å². The first-order valence-electron chi connectivity index (χ1n) is 6.90. The Bertz CT molecular complexity index is 353. The van der Waals surface area contributed by atoms with E-state index in [1.807, 2.05) is 0 Å². The van der Waals surface area contributed by atoms with Crippen LogP contribution in [0.4, 0.5) is 8.78 Å². The molecule has 1 N–H and O–H groups in total. The molecule has 0 saturated heterocycles. The third-order valence-electron chi connectivity index (χ3n) is 3.71. The Morgan fingerprint density at radius 1 is 1.00 bits per heavy atom. The highest BCUT2D eigenvalue weighted by Gasteiger charge is 2.12. The molecule has 2 rings (SSSR count). The predicted molar refractivity (Wildman–Crippen MR) is 69.3 cm³/mol. The predicted octanol–water partition coefficient (Wildman–Crippen LogP) is 4.02. The standard InChI is InChI=1S/C15H21F2N/c16-14-8-13(9-15(17)10-14)11-18-7-6-12-4-2-1-3-5-12/h8-10,12,18H,1-7,11H2. The molecule has 0 aromatic heterocycles. The smallest absolute Gasteiger partial charge is 0.126 e. The van der Waals surface area contributed by atoms with E-state index in [9.17, 15) is 8.78 Å². The van der Waals surface area contributed by atoms with E-state index in [1.54, 1.807) is 0 Å². The number of halogens is 2. The number of rotatable bonds is 5. The van der Waals surface area contributed by atoms with Crippen molar-refractivity contribution in [2.24, 2.45) is 5.92 Å². The lowest BCUT2D eigenvalue weighted by molar-refractivity contribution is 0.334. The molecule has 1 saturated carbocycles. The van der Waals surface area contributed by atoms with Gasteiger partial charge in [0, 0.05) is 12.6 Å². The Balaban J connectivity index is 1.68. The van der Waals surface area contributed by atoms with Crippen molar-refractivity contribution in [3.63, 3.8) is 0 Å². The van der Waals surface area contributed by atoms with Gasteiger partial charge in [0.05, 0.1) is 0 Å². The lowest BCUT2D eigenvalue weighted by atomic mass is 9.87. The maximum atomic E-state index is 13.0. The average molecular weight is 253 g/mol. The average Bonchev–Trinajstić information content (AvgIpc) is 2.35. The maximum absolute atomic E-state index is 13.0. The zero-order valence-electron chi connectivity index (χ0n) is 10.7. The minimum Gasteiger partial charge on any atom is -0.313 e. The van der Waals surface area contributed by atoms with Crippen LogP contribution < -0.4 is 5.32 Å². The molecule has 0 heterocycles. The molecule has 0 radical (unpaired) electrons. The SMILES string of the molecule is Fc1cc(F)cc(CNCCC2CCCCC2)c1. The van der Waals surface area contributed by atoms with Crippen molar-refractivity contribution in [3.05, 3.63) is 35.4 Å². The summed E-state index contributed by atoms with van der Waals surface area (Å²) in [4.78, 5) is 0. The van der Waals surface area contributed by atoms with Crippen LogP contribution in [0, 0.1) is 17.6 Å². The minimum atomic E-state index is -0.501. The van der Waals surface area contributed by atoms with Gasteiger partial charge in [-0.15, -0.1) is 0 Å². The van der Waals surface area contributed by atoms with Crippen LogP contribution in [0.3, 0.4) is 0 Å². The highest BCUT2D eigenvalue weighted by atomic mass is 19.1. The largest absolute Gasteiger partial charge is 0.313 e. The molecule has 1 aliphatic rings. The van der Waals surface area contributed by atoms with E-state index in [0.29, 0.717) is 12.1 Å². The number of nitrogens with one attached hydrogen (secondary N) is 1. The summed E-state index contributed by atoms with van der Waals surface area (Å²) in [6, 6.07) is 3.68. The van der Waals surface area contributed by atoms with Crippen molar-refractivity contribution in [2.75, 3.05) is 6.54 Å². The quantitative estimate of drug-likeness (QED) is 0.781. The molecule has 0 spiro atoms. The molecular formula is C15H21F2N. The van der Waals surface area contributed by atoms with Gasteiger partial charge in [-0.2, -0.15) is 0 Å². The molecule has 3 heteroatoms. The zero-order chi connectivity index (χ0) is 12.8. The summed E-state index contributed by atoms with van der Waals surface area (Å²) in [5, 5.41) is 3.27. The Hall–Kier alpha value is -0.960. The van der Waals surface area contributed by atoms with Crippen molar-refractivity contribution in [3.8, 4) is 0 Å². The highest BCUT2D eigenvalue weighted by Crippen LogP contribution is 2.25. The zero-order valence-corrected chi connectivity index (χ0v) is 10.7. The monoisotopic (exact) mass is 253 g/mol. The summed E-state index contributed by atoms with van der Waals surface area (Å²) < 4.78 is 25.9. The van der Waals surface area contributed by atoms with Crippen LogP contribution in [0.25, 0.3) is 0 Å². The van der Waals surface area contributed by atoms with Crippen molar-refractivity contribution in [2.45, 2.75) is 45.1 Å². The Labute approximate surface area is 108 Å². The van der Waals surface area contributed by atoms with Crippen molar-refractivity contribution in [1.82, 2.24) is 5.32 Å². The highest BCUT2D eigenvalue weighted by molar-refractivity contribution is 5.17. The third kappa shape index (κ3) is 4.37. The maximum Gasteiger partial charge on any atom is 0.126 e.